The molecule has 7 heteroatoms. The molecule has 2 heterocycles. The van der Waals surface area contributed by atoms with Crippen LogP contribution in [0.1, 0.15) is 40.1 Å². The first-order valence-corrected chi connectivity index (χ1v) is 9.47. The van der Waals surface area contributed by atoms with E-state index < -0.39 is 29.9 Å². The molecule has 0 aliphatic carbocycles. The van der Waals surface area contributed by atoms with Gasteiger partial charge in [0.1, 0.15) is 6.04 Å². The lowest BCUT2D eigenvalue weighted by molar-refractivity contribution is -0.157. The average molecular weight is 392 g/mol. The van der Waals surface area contributed by atoms with Crippen LogP contribution in [-0.4, -0.2) is 47.3 Å². The maximum absolute atomic E-state index is 12.8. The highest BCUT2D eigenvalue weighted by Gasteiger charge is 2.42. The number of carbonyl (C=O) groups excluding carboxylic acids is 4. The fourth-order valence-corrected chi connectivity index (χ4v) is 3.77. The Morgan fingerprint density at radius 2 is 1.52 bits per heavy atom. The van der Waals surface area contributed by atoms with Gasteiger partial charge in [0.05, 0.1) is 11.1 Å². The van der Waals surface area contributed by atoms with Crippen LogP contribution in [0.15, 0.2) is 48.5 Å². The van der Waals surface area contributed by atoms with E-state index in [4.69, 9.17) is 4.74 Å². The van der Waals surface area contributed by atoms with Gasteiger partial charge in [-0.15, -0.1) is 0 Å². The molecule has 0 saturated heterocycles. The number of rotatable bonds is 4. The summed E-state index contributed by atoms with van der Waals surface area (Å²) < 4.78 is 5.33. The smallest absolute Gasteiger partial charge is 0.329 e. The summed E-state index contributed by atoms with van der Waals surface area (Å²) >= 11 is 0. The summed E-state index contributed by atoms with van der Waals surface area (Å²) in [6.07, 6.45) is -0.292. The first kappa shape index (κ1) is 18.9. The lowest BCUT2D eigenvalue weighted by Crippen LogP contribution is -2.46. The van der Waals surface area contributed by atoms with E-state index in [1.807, 2.05) is 24.3 Å². The van der Waals surface area contributed by atoms with Gasteiger partial charge in [-0.25, -0.2) is 4.79 Å². The summed E-state index contributed by atoms with van der Waals surface area (Å²) in [6, 6.07) is 12.9. The van der Waals surface area contributed by atoms with Gasteiger partial charge in [-0.05, 0) is 44.0 Å². The average Bonchev–Trinajstić information content (AvgIpc) is 3.26. The van der Waals surface area contributed by atoms with Crippen LogP contribution in [0.4, 0.5) is 5.69 Å². The Kier molecular flexibility index (Phi) is 4.66. The molecule has 0 unspecified atom stereocenters. The van der Waals surface area contributed by atoms with E-state index in [0.717, 1.165) is 22.6 Å². The second kappa shape index (κ2) is 7.16. The maximum Gasteiger partial charge on any atom is 0.329 e. The molecule has 7 nitrogen and oxygen atoms in total. The minimum Gasteiger partial charge on any atom is -0.451 e. The molecule has 148 valence electrons. The number of imide groups is 1. The van der Waals surface area contributed by atoms with Crippen molar-refractivity contribution in [2.75, 3.05) is 11.4 Å². The highest BCUT2D eigenvalue weighted by molar-refractivity contribution is 6.22. The molecule has 3 amide bonds. The van der Waals surface area contributed by atoms with E-state index in [0.29, 0.717) is 6.54 Å². The Morgan fingerprint density at radius 1 is 0.931 bits per heavy atom. The fraction of sp³-hybridized carbons (Fsp3) is 0.273. The largest absolute Gasteiger partial charge is 0.451 e. The number of esters is 1. The number of anilines is 1. The van der Waals surface area contributed by atoms with E-state index >= 15 is 0 Å². The molecule has 2 atom stereocenters. The molecule has 0 saturated carbocycles. The summed E-state index contributed by atoms with van der Waals surface area (Å²) in [7, 11) is 0. The molecule has 0 bridgehead atoms. The van der Waals surface area contributed by atoms with Crippen LogP contribution < -0.4 is 4.90 Å². The highest BCUT2D eigenvalue weighted by atomic mass is 16.5. The number of nitrogens with zero attached hydrogens (tertiary/aromatic N) is 2. The maximum atomic E-state index is 12.8. The summed E-state index contributed by atoms with van der Waals surface area (Å²) in [4.78, 5) is 53.0. The topological polar surface area (TPSA) is 84.0 Å². The second-order valence-electron chi connectivity index (χ2n) is 7.15. The van der Waals surface area contributed by atoms with Gasteiger partial charge in [0, 0.05) is 12.2 Å². The molecule has 29 heavy (non-hydrogen) atoms. The fourth-order valence-electron chi connectivity index (χ4n) is 3.77. The number of carbonyl (C=O) groups is 4. The molecule has 0 N–H and O–H groups in total. The van der Waals surface area contributed by atoms with Crippen LogP contribution >= 0.6 is 0 Å². The molecular weight excluding hydrogens is 372 g/mol. The lowest BCUT2D eigenvalue weighted by Gasteiger charge is -2.25. The Balaban J connectivity index is 1.45. The number of benzene rings is 2. The Hall–Kier alpha value is -3.48. The molecule has 0 spiro atoms. The number of fused-ring (bicyclic) bond motifs is 2. The number of amides is 3. The standard InChI is InChI=1S/C22H20N2O5/c1-13(24-20(26)16-8-4-5-9-17(16)21(24)27)22(28)29-14(2)19(25)23-12-11-15-7-3-6-10-18(15)23/h3-10,13-14H,11-12H2,1-2H3/t13-,14+/m1/s1. The van der Waals surface area contributed by atoms with Gasteiger partial charge in [-0.3, -0.25) is 19.3 Å². The van der Waals surface area contributed by atoms with Crippen molar-refractivity contribution in [3.63, 3.8) is 0 Å². The molecule has 0 fully saturated rings. The molecule has 0 radical (unpaired) electrons. The molecule has 4 rings (SSSR count). The van der Waals surface area contributed by atoms with Crippen molar-refractivity contribution in [3.8, 4) is 0 Å². The van der Waals surface area contributed by atoms with E-state index in [9.17, 15) is 19.2 Å². The van der Waals surface area contributed by atoms with Crippen molar-refractivity contribution in [1.82, 2.24) is 4.90 Å². The van der Waals surface area contributed by atoms with Gasteiger partial charge in [0.15, 0.2) is 6.10 Å². The summed E-state index contributed by atoms with van der Waals surface area (Å²) in [5.74, 6) is -2.21. The number of ether oxygens (including phenoxy) is 1. The van der Waals surface area contributed by atoms with E-state index in [1.165, 1.54) is 13.8 Å². The predicted octanol–water partition coefficient (Wildman–Crippen LogP) is 2.19. The first-order valence-electron chi connectivity index (χ1n) is 9.47. The van der Waals surface area contributed by atoms with Crippen molar-refractivity contribution in [1.29, 1.82) is 0 Å². The van der Waals surface area contributed by atoms with E-state index in [-0.39, 0.29) is 17.0 Å². The van der Waals surface area contributed by atoms with E-state index in [2.05, 4.69) is 0 Å². The summed E-state index contributed by atoms with van der Waals surface area (Å²) in [5, 5.41) is 0. The minimum absolute atomic E-state index is 0.259. The molecular formula is C22H20N2O5. The van der Waals surface area contributed by atoms with Crippen LogP contribution in [0.25, 0.3) is 0 Å². The number of hydrogen-bond acceptors (Lipinski definition) is 5. The monoisotopic (exact) mass is 392 g/mol. The number of para-hydroxylation sites is 1. The van der Waals surface area contributed by atoms with Crippen molar-refractivity contribution < 1.29 is 23.9 Å². The minimum atomic E-state index is -1.14. The third-order valence-electron chi connectivity index (χ3n) is 5.35. The third kappa shape index (κ3) is 3.08. The van der Waals surface area contributed by atoms with Crippen LogP contribution in [0, 0.1) is 0 Å². The third-order valence-corrected chi connectivity index (χ3v) is 5.35. The summed E-state index contributed by atoms with van der Waals surface area (Å²) in [5.41, 5.74) is 2.40. The second-order valence-corrected chi connectivity index (χ2v) is 7.15. The Bertz CT molecular complexity index is 996. The van der Waals surface area contributed by atoms with Crippen molar-refractivity contribution >= 4 is 29.4 Å². The molecule has 0 aromatic heterocycles. The normalized spacial score (nSPS) is 17.0. The van der Waals surface area contributed by atoms with Gasteiger partial charge in [-0.2, -0.15) is 0 Å². The molecule has 2 aromatic rings. The predicted molar refractivity (Wildman–Crippen MR) is 104 cm³/mol. The zero-order chi connectivity index (χ0) is 20.7. The number of hydrogen-bond donors (Lipinski definition) is 0. The lowest BCUT2D eigenvalue weighted by atomic mass is 10.1. The van der Waals surface area contributed by atoms with Crippen LogP contribution in [0.5, 0.6) is 0 Å². The van der Waals surface area contributed by atoms with Gasteiger partial charge < -0.3 is 9.64 Å². The molecule has 2 aromatic carbocycles. The molecule has 2 aliphatic heterocycles. The van der Waals surface area contributed by atoms with Crippen LogP contribution in [-0.2, 0) is 20.7 Å². The van der Waals surface area contributed by atoms with E-state index in [1.54, 1.807) is 29.2 Å². The zero-order valence-corrected chi connectivity index (χ0v) is 16.1. The SMILES string of the molecule is C[C@H](OC(=O)[C@@H](C)N1C(=O)c2ccccc2C1=O)C(=O)N1CCc2ccccc21. The van der Waals surface area contributed by atoms with Crippen molar-refractivity contribution in [3.05, 3.63) is 65.2 Å². The highest BCUT2D eigenvalue weighted by Crippen LogP contribution is 2.29. The molecule has 2 aliphatic rings. The van der Waals surface area contributed by atoms with Gasteiger partial charge in [-0.1, -0.05) is 30.3 Å². The van der Waals surface area contributed by atoms with Gasteiger partial charge >= 0.3 is 5.97 Å². The first-order chi connectivity index (χ1) is 13.9. The summed E-state index contributed by atoms with van der Waals surface area (Å²) in [6.45, 7) is 3.44. The quantitative estimate of drug-likeness (QED) is 0.588. The Morgan fingerprint density at radius 3 is 2.17 bits per heavy atom. The van der Waals surface area contributed by atoms with Gasteiger partial charge in [0.2, 0.25) is 0 Å². The van der Waals surface area contributed by atoms with Gasteiger partial charge in [0.25, 0.3) is 17.7 Å². The van der Waals surface area contributed by atoms with Crippen molar-refractivity contribution in [2.45, 2.75) is 32.4 Å². The Labute approximate surface area is 167 Å². The van der Waals surface area contributed by atoms with Crippen LogP contribution in [0.3, 0.4) is 0 Å². The van der Waals surface area contributed by atoms with Crippen LogP contribution in [0.2, 0.25) is 0 Å². The van der Waals surface area contributed by atoms with Crippen molar-refractivity contribution in [2.24, 2.45) is 0 Å². The zero-order valence-electron chi connectivity index (χ0n) is 16.1.